The summed E-state index contributed by atoms with van der Waals surface area (Å²) in [6.45, 7) is 0. The number of hydrogen-bond acceptors (Lipinski definition) is 2. The van der Waals surface area contributed by atoms with Gasteiger partial charge in [-0.1, -0.05) is 121 Å². The summed E-state index contributed by atoms with van der Waals surface area (Å²) in [7, 11) is 0. The number of hydrogen-bond donors (Lipinski definition) is 0. The van der Waals surface area contributed by atoms with Crippen molar-refractivity contribution in [3.63, 3.8) is 0 Å². The minimum Gasteiger partial charge on any atom is -0.455 e. The van der Waals surface area contributed by atoms with Gasteiger partial charge >= 0.3 is 0 Å². The van der Waals surface area contributed by atoms with Crippen LogP contribution in [0.15, 0.2) is 215 Å². The van der Waals surface area contributed by atoms with E-state index in [-0.39, 0.29) is 0 Å². The summed E-state index contributed by atoms with van der Waals surface area (Å²) in [6, 6.07) is 64.2. The average molecular weight is 911 g/mol. The fourth-order valence-electron chi connectivity index (χ4n) is 11.0. The van der Waals surface area contributed by atoms with Crippen LogP contribution in [-0.2, 0) is 0 Å². The van der Waals surface area contributed by atoms with Crippen LogP contribution in [0.4, 0.5) is 17.6 Å². The van der Waals surface area contributed by atoms with Gasteiger partial charge in [0.05, 0.1) is 0 Å². The van der Waals surface area contributed by atoms with E-state index in [1.54, 1.807) is 0 Å². The molecular weight excluding hydrogens is 877 g/mol. The van der Waals surface area contributed by atoms with Gasteiger partial charge in [-0.15, -0.1) is 0 Å². The molecule has 2 heterocycles. The quantitative estimate of drug-likeness (QED) is 0.123. The van der Waals surface area contributed by atoms with Gasteiger partial charge in [0.1, 0.15) is 45.6 Å². The molecule has 0 saturated heterocycles. The zero-order valence-electron chi connectivity index (χ0n) is 37.0. The summed E-state index contributed by atoms with van der Waals surface area (Å²) in [4.78, 5) is 0. The lowest BCUT2D eigenvalue weighted by molar-refractivity contribution is 0.583. The molecule has 0 aliphatic rings. The Labute approximate surface area is 397 Å². The first-order chi connectivity index (χ1) is 34.3. The van der Waals surface area contributed by atoms with Gasteiger partial charge in [-0.3, -0.25) is 0 Å². The van der Waals surface area contributed by atoms with Crippen molar-refractivity contribution in [3.05, 3.63) is 230 Å². The number of furan rings is 2. The molecule has 2 aromatic heterocycles. The van der Waals surface area contributed by atoms with Crippen molar-refractivity contribution in [3.8, 4) is 66.8 Å². The Balaban J connectivity index is 1.18. The predicted molar refractivity (Wildman–Crippen MR) is 277 cm³/mol. The average Bonchev–Trinajstić information content (AvgIpc) is 3.94. The molecule has 0 bridgehead atoms. The predicted octanol–water partition coefficient (Wildman–Crippen LogP) is 18.9. The molecule has 0 fully saturated rings. The van der Waals surface area contributed by atoms with E-state index >= 15 is 17.6 Å². The summed E-state index contributed by atoms with van der Waals surface area (Å²) < 4.78 is 76.0. The van der Waals surface area contributed by atoms with Crippen molar-refractivity contribution in [1.82, 2.24) is 0 Å². The first-order valence-corrected chi connectivity index (χ1v) is 23.0. The lowest BCUT2D eigenvalue weighted by atomic mass is 9.83. The Morgan fingerprint density at radius 2 is 0.529 bits per heavy atom. The third-order valence-corrected chi connectivity index (χ3v) is 14.0. The molecule has 0 saturated carbocycles. The topological polar surface area (TPSA) is 26.3 Å². The molecule has 0 atom stereocenters. The molecule has 0 amide bonds. The van der Waals surface area contributed by atoms with Gasteiger partial charge in [0, 0.05) is 55.2 Å². The van der Waals surface area contributed by atoms with Gasteiger partial charge in [-0.05, 0) is 150 Å². The second-order valence-corrected chi connectivity index (χ2v) is 18.1. The van der Waals surface area contributed by atoms with Gasteiger partial charge < -0.3 is 8.83 Å². The van der Waals surface area contributed by atoms with E-state index in [1.165, 1.54) is 24.3 Å². The standard InChI is InChI=1S/C64H34F4O2/c65-41-21-39(22-42(66)25-41)47-30-58-62-54(32-56-52-28-46(36-15-7-2-8-16-36)50(34-60(52)70-64(56)58)38-19-11-4-12-20-38)48(40-23-43(67)26-44(68)24-40)29-57-61(62)53(47)31-55-51-27-45(35-13-5-1-6-14-35)49(33-59(51)69-63(55)57)37-17-9-3-10-18-37/h1-34H. The van der Waals surface area contributed by atoms with Crippen LogP contribution >= 0.6 is 0 Å². The van der Waals surface area contributed by atoms with Gasteiger partial charge in [-0.25, -0.2) is 17.6 Å². The van der Waals surface area contributed by atoms with Crippen LogP contribution in [0.5, 0.6) is 0 Å². The van der Waals surface area contributed by atoms with Crippen LogP contribution in [-0.4, -0.2) is 0 Å². The highest BCUT2D eigenvalue weighted by Gasteiger charge is 2.27. The van der Waals surface area contributed by atoms with Gasteiger partial charge in [0.2, 0.25) is 0 Å². The minimum atomic E-state index is -0.717. The van der Waals surface area contributed by atoms with E-state index < -0.39 is 23.3 Å². The fourth-order valence-corrected chi connectivity index (χ4v) is 11.0. The number of benzene rings is 12. The first kappa shape index (κ1) is 40.1. The zero-order valence-corrected chi connectivity index (χ0v) is 37.0. The third kappa shape index (κ3) is 6.19. The smallest absolute Gasteiger partial charge is 0.143 e. The summed E-state index contributed by atoms with van der Waals surface area (Å²) >= 11 is 0. The monoisotopic (exact) mass is 910 g/mol. The Hall–Kier alpha value is -9.00. The molecule has 2 nitrogen and oxygen atoms in total. The lowest BCUT2D eigenvalue weighted by Crippen LogP contribution is -1.94. The normalized spacial score (nSPS) is 12.0. The maximum Gasteiger partial charge on any atom is 0.143 e. The Bertz CT molecular complexity index is 4100. The van der Waals surface area contributed by atoms with Crippen LogP contribution in [0.2, 0.25) is 0 Å². The highest BCUT2D eigenvalue weighted by Crippen LogP contribution is 2.52. The van der Waals surface area contributed by atoms with Crippen molar-refractivity contribution in [2.75, 3.05) is 0 Å². The molecule has 14 rings (SSSR count). The molecule has 0 aliphatic carbocycles. The van der Waals surface area contributed by atoms with E-state index in [0.717, 1.165) is 89.0 Å². The van der Waals surface area contributed by atoms with Crippen molar-refractivity contribution in [1.29, 1.82) is 0 Å². The maximum atomic E-state index is 15.5. The molecule has 0 spiro atoms. The second-order valence-electron chi connectivity index (χ2n) is 18.1. The molecule has 6 heteroatoms. The minimum absolute atomic E-state index is 0.336. The van der Waals surface area contributed by atoms with Crippen LogP contribution in [0.1, 0.15) is 0 Å². The van der Waals surface area contributed by atoms with Gasteiger partial charge in [0.15, 0.2) is 0 Å². The van der Waals surface area contributed by atoms with Crippen LogP contribution in [0.3, 0.4) is 0 Å². The van der Waals surface area contributed by atoms with E-state index in [9.17, 15) is 0 Å². The van der Waals surface area contributed by atoms with Crippen molar-refractivity contribution < 1.29 is 26.4 Å². The molecular formula is C64H34F4O2. The Morgan fingerprint density at radius 1 is 0.229 bits per heavy atom. The maximum absolute atomic E-state index is 15.5. The van der Waals surface area contributed by atoms with E-state index in [2.05, 4.69) is 84.9 Å². The third-order valence-electron chi connectivity index (χ3n) is 14.0. The highest BCUT2D eigenvalue weighted by molar-refractivity contribution is 6.38. The first-order valence-electron chi connectivity index (χ1n) is 23.0. The Morgan fingerprint density at radius 3 is 0.857 bits per heavy atom. The van der Waals surface area contributed by atoms with Gasteiger partial charge in [0.25, 0.3) is 0 Å². The molecule has 14 aromatic rings. The summed E-state index contributed by atoms with van der Waals surface area (Å²) in [5.41, 5.74) is 12.2. The van der Waals surface area contributed by atoms with Gasteiger partial charge in [-0.2, -0.15) is 0 Å². The molecule has 0 unspecified atom stereocenters. The molecule has 0 N–H and O–H groups in total. The summed E-state index contributed by atoms with van der Waals surface area (Å²) in [5, 5.41) is 7.45. The number of halogens is 4. The second kappa shape index (κ2) is 15.3. The zero-order chi connectivity index (χ0) is 46.8. The summed E-state index contributed by atoms with van der Waals surface area (Å²) in [5.74, 6) is -2.87. The fraction of sp³-hybridized carbons (Fsp3) is 0. The molecule has 12 aromatic carbocycles. The Kier molecular flexibility index (Phi) is 8.74. The molecule has 0 radical (unpaired) electrons. The largest absolute Gasteiger partial charge is 0.455 e. The lowest BCUT2D eigenvalue weighted by Gasteiger charge is -2.19. The van der Waals surface area contributed by atoms with Crippen LogP contribution in [0, 0.1) is 23.3 Å². The molecule has 70 heavy (non-hydrogen) atoms. The highest BCUT2D eigenvalue weighted by atomic mass is 19.1. The number of fused-ring (bicyclic) bond motifs is 8. The van der Waals surface area contributed by atoms with E-state index in [4.69, 9.17) is 8.83 Å². The van der Waals surface area contributed by atoms with Crippen molar-refractivity contribution in [2.45, 2.75) is 0 Å². The van der Waals surface area contributed by atoms with E-state index in [1.807, 2.05) is 84.9 Å². The SMILES string of the molecule is Fc1cc(F)cc(-c2cc3c4oc5cc(-c6ccccc6)c(-c6ccccc6)cc5c4cc4c(-c5cc(F)cc(F)c5)cc5c6oc7cc(-c8ccccc8)c(-c8ccccc8)cc7c6cc2c5c43)c1. The molecule has 330 valence electrons. The van der Waals surface area contributed by atoms with Crippen molar-refractivity contribution in [2.24, 2.45) is 0 Å². The van der Waals surface area contributed by atoms with Crippen LogP contribution < -0.4 is 0 Å². The molecule has 0 aliphatic heterocycles. The number of rotatable bonds is 6. The van der Waals surface area contributed by atoms with Crippen molar-refractivity contribution >= 4 is 76.2 Å². The van der Waals surface area contributed by atoms with Crippen LogP contribution in [0.25, 0.3) is 143 Å². The summed E-state index contributed by atoms with van der Waals surface area (Å²) in [6.07, 6.45) is 0. The van der Waals surface area contributed by atoms with E-state index in [0.29, 0.717) is 66.1 Å².